The first kappa shape index (κ1) is 12.5. The van der Waals surface area contributed by atoms with Crippen molar-refractivity contribution >= 4 is 6.29 Å². The van der Waals surface area contributed by atoms with Gasteiger partial charge in [-0.25, -0.2) is 4.39 Å². The Hall–Kier alpha value is -1.96. The molecule has 0 amide bonds. The van der Waals surface area contributed by atoms with Crippen LogP contribution in [-0.2, 0) is 10.2 Å². The normalized spacial score (nSPS) is 11.3. The molecule has 0 spiro atoms. The molecule has 2 aromatic rings. The van der Waals surface area contributed by atoms with Crippen molar-refractivity contribution in [2.75, 3.05) is 0 Å². The van der Waals surface area contributed by atoms with Gasteiger partial charge in [-0.3, -0.25) is 0 Å². The Bertz CT molecular complexity index is 538. The Balaban J connectivity index is 2.33. The zero-order valence-corrected chi connectivity index (χ0v) is 10.5. The largest absolute Gasteiger partial charge is 0.302 e. The van der Waals surface area contributed by atoms with E-state index in [1.165, 1.54) is 12.1 Å². The molecule has 0 saturated carbocycles. The molecule has 0 aromatic heterocycles. The summed E-state index contributed by atoms with van der Waals surface area (Å²) in [5, 5.41) is 0. The van der Waals surface area contributed by atoms with Gasteiger partial charge in [-0.2, -0.15) is 0 Å². The smallest absolute Gasteiger partial charge is 0.129 e. The summed E-state index contributed by atoms with van der Waals surface area (Å²) in [6.07, 6.45) is 0.944. The molecule has 0 aliphatic heterocycles. The fourth-order valence-electron chi connectivity index (χ4n) is 1.80. The SMILES string of the molecule is CC(C)(C=O)c1ccc(-c2ccc(F)cc2)cc1. The van der Waals surface area contributed by atoms with Crippen LogP contribution < -0.4 is 0 Å². The van der Waals surface area contributed by atoms with Crippen molar-refractivity contribution in [2.24, 2.45) is 0 Å². The van der Waals surface area contributed by atoms with E-state index in [4.69, 9.17) is 0 Å². The van der Waals surface area contributed by atoms with Gasteiger partial charge in [-0.05, 0) is 42.7 Å². The summed E-state index contributed by atoms with van der Waals surface area (Å²) < 4.78 is 12.8. The van der Waals surface area contributed by atoms with E-state index in [0.717, 1.165) is 23.0 Å². The summed E-state index contributed by atoms with van der Waals surface area (Å²) in [4.78, 5) is 11.0. The second-order valence-electron chi connectivity index (χ2n) is 4.92. The van der Waals surface area contributed by atoms with Crippen LogP contribution in [0.25, 0.3) is 11.1 Å². The van der Waals surface area contributed by atoms with Crippen LogP contribution in [-0.4, -0.2) is 6.29 Å². The molecule has 0 saturated heterocycles. The van der Waals surface area contributed by atoms with Gasteiger partial charge in [0.2, 0.25) is 0 Å². The third-order valence-corrected chi connectivity index (χ3v) is 3.10. The quantitative estimate of drug-likeness (QED) is 0.744. The van der Waals surface area contributed by atoms with E-state index in [-0.39, 0.29) is 5.82 Å². The minimum atomic E-state index is -0.471. The molecule has 0 radical (unpaired) electrons. The van der Waals surface area contributed by atoms with Gasteiger partial charge >= 0.3 is 0 Å². The summed E-state index contributed by atoms with van der Waals surface area (Å²) in [7, 11) is 0. The van der Waals surface area contributed by atoms with E-state index < -0.39 is 5.41 Å². The lowest BCUT2D eigenvalue weighted by molar-refractivity contribution is -0.111. The maximum Gasteiger partial charge on any atom is 0.129 e. The van der Waals surface area contributed by atoms with Crippen molar-refractivity contribution in [3.63, 3.8) is 0 Å². The topological polar surface area (TPSA) is 17.1 Å². The summed E-state index contributed by atoms with van der Waals surface area (Å²) in [6, 6.07) is 14.2. The van der Waals surface area contributed by atoms with E-state index in [1.807, 2.05) is 38.1 Å². The molecule has 0 aliphatic carbocycles. The van der Waals surface area contributed by atoms with Gasteiger partial charge < -0.3 is 4.79 Å². The number of rotatable bonds is 3. The maximum absolute atomic E-state index is 12.8. The van der Waals surface area contributed by atoms with Gasteiger partial charge in [0.25, 0.3) is 0 Å². The van der Waals surface area contributed by atoms with Gasteiger partial charge in [0.1, 0.15) is 12.1 Å². The van der Waals surface area contributed by atoms with Gasteiger partial charge in [0, 0.05) is 5.41 Å². The van der Waals surface area contributed by atoms with Crippen LogP contribution in [0.2, 0.25) is 0 Å². The molecule has 0 fully saturated rings. The van der Waals surface area contributed by atoms with Crippen LogP contribution in [0.15, 0.2) is 48.5 Å². The first-order chi connectivity index (χ1) is 8.53. The van der Waals surface area contributed by atoms with Crippen LogP contribution in [0.1, 0.15) is 19.4 Å². The van der Waals surface area contributed by atoms with E-state index in [0.29, 0.717) is 0 Å². The van der Waals surface area contributed by atoms with E-state index in [2.05, 4.69) is 0 Å². The number of halogens is 1. The van der Waals surface area contributed by atoms with Gasteiger partial charge in [-0.1, -0.05) is 36.4 Å². The van der Waals surface area contributed by atoms with Gasteiger partial charge in [0.05, 0.1) is 0 Å². The molecular weight excluding hydrogens is 227 g/mol. The summed E-state index contributed by atoms with van der Waals surface area (Å²) in [6.45, 7) is 3.76. The first-order valence-corrected chi connectivity index (χ1v) is 5.86. The highest BCUT2D eigenvalue weighted by molar-refractivity contribution is 5.69. The zero-order valence-electron chi connectivity index (χ0n) is 10.5. The molecule has 2 aromatic carbocycles. The lowest BCUT2D eigenvalue weighted by atomic mass is 9.85. The van der Waals surface area contributed by atoms with Crippen molar-refractivity contribution in [1.82, 2.24) is 0 Å². The number of carbonyl (C=O) groups excluding carboxylic acids is 1. The second kappa shape index (κ2) is 4.73. The van der Waals surface area contributed by atoms with Crippen molar-refractivity contribution in [2.45, 2.75) is 19.3 Å². The van der Waals surface area contributed by atoms with Crippen molar-refractivity contribution < 1.29 is 9.18 Å². The molecule has 92 valence electrons. The molecule has 0 heterocycles. The van der Waals surface area contributed by atoms with Crippen molar-refractivity contribution in [3.8, 4) is 11.1 Å². The molecule has 2 rings (SSSR count). The highest BCUT2D eigenvalue weighted by Gasteiger charge is 2.18. The molecule has 2 heteroatoms. The highest BCUT2D eigenvalue weighted by atomic mass is 19.1. The number of hydrogen-bond acceptors (Lipinski definition) is 1. The van der Waals surface area contributed by atoms with Crippen LogP contribution >= 0.6 is 0 Å². The third kappa shape index (κ3) is 2.48. The number of benzene rings is 2. The van der Waals surface area contributed by atoms with Gasteiger partial charge in [0.15, 0.2) is 0 Å². The summed E-state index contributed by atoms with van der Waals surface area (Å²) >= 11 is 0. The molecule has 1 nitrogen and oxygen atoms in total. The summed E-state index contributed by atoms with van der Waals surface area (Å²) in [5.74, 6) is -0.238. The van der Waals surface area contributed by atoms with Crippen molar-refractivity contribution in [3.05, 3.63) is 59.9 Å². The molecule has 18 heavy (non-hydrogen) atoms. The molecule has 0 atom stereocenters. The zero-order chi connectivity index (χ0) is 13.2. The van der Waals surface area contributed by atoms with Crippen molar-refractivity contribution in [1.29, 1.82) is 0 Å². The van der Waals surface area contributed by atoms with Crippen LogP contribution in [0, 0.1) is 5.82 Å². The summed E-state index contributed by atoms with van der Waals surface area (Å²) in [5.41, 5.74) is 2.48. The predicted molar refractivity (Wildman–Crippen MR) is 70.9 cm³/mol. The number of hydrogen-bond donors (Lipinski definition) is 0. The average molecular weight is 242 g/mol. The minimum absolute atomic E-state index is 0.238. The lowest BCUT2D eigenvalue weighted by Gasteiger charge is -2.17. The van der Waals surface area contributed by atoms with Crippen LogP contribution in [0.4, 0.5) is 4.39 Å². The number of carbonyl (C=O) groups is 1. The molecule has 0 N–H and O–H groups in total. The Kier molecular flexibility index (Phi) is 3.28. The Morgan fingerprint density at radius 2 is 1.33 bits per heavy atom. The highest BCUT2D eigenvalue weighted by Crippen LogP contribution is 2.25. The third-order valence-electron chi connectivity index (χ3n) is 3.10. The molecular formula is C16H15FO. The molecule has 0 aliphatic rings. The average Bonchev–Trinajstić information content (AvgIpc) is 2.40. The fourth-order valence-corrected chi connectivity index (χ4v) is 1.80. The predicted octanol–water partition coefficient (Wildman–Crippen LogP) is 3.97. The molecule has 0 bridgehead atoms. The second-order valence-corrected chi connectivity index (χ2v) is 4.92. The lowest BCUT2D eigenvalue weighted by Crippen LogP contribution is -2.18. The molecule has 0 unspecified atom stereocenters. The standard InChI is InChI=1S/C16H15FO/c1-16(2,11-18)14-7-3-12(4-8-14)13-5-9-15(17)10-6-13/h3-11H,1-2H3. The Morgan fingerprint density at radius 1 is 0.889 bits per heavy atom. The monoisotopic (exact) mass is 242 g/mol. The number of aldehydes is 1. The van der Waals surface area contributed by atoms with E-state index in [1.54, 1.807) is 12.1 Å². The van der Waals surface area contributed by atoms with Gasteiger partial charge in [-0.15, -0.1) is 0 Å². The van der Waals surface area contributed by atoms with E-state index in [9.17, 15) is 9.18 Å². The maximum atomic E-state index is 12.8. The van der Waals surface area contributed by atoms with Crippen LogP contribution in [0.3, 0.4) is 0 Å². The fraction of sp³-hybridized carbons (Fsp3) is 0.188. The Labute approximate surface area is 106 Å². The van der Waals surface area contributed by atoms with E-state index >= 15 is 0 Å². The first-order valence-electron chi connectivity index (χ1n) is 5.86. The van der Waals surface area contributed by atoms with Crippen LogP contribution in [0.5, 0.6) is 0 Å². The Morgan fingerprint density at radius 3 is 1.78 bits per heavy atom. The minimum Gasteiger partial charge on any atom is -0.302 e.